The quantitative estimate of drug-likeness (QED) is 0.302. The van der Waals surface area contributed by atoms with Crippen molar-refractivity contribution in [2.45, 2.75) is 5.16 Å². The molecule has 0 saturated carbocycles. The number of amides is 1. The highest BCUT2D eigenvalue weighted by Gasteiger charge is 2.17. The van der Waals surface area contributed by atoms with Crippen molar-refractivity contribution in [2.24, 2.45) is 0 Å². The summed E-state index contributed by atoms with van der Waals surface area (Å²) in [6, 6.07) is 19.3. The van der Waals surface area contributed by atoms with Crippen molar-refractivity contribution < 1.29 is 14.3 Å². The highest BCUT2D eigenvalue weighted by molar-refractivity contribution is 7.99. The molecule has 4 rings (SSSR count). The summed E-state index contributed by atoms with van der Waals surface area (Å²) in [6.45, 7) is 0. The third-order valence-corrected chi connectivity index (χ3v) is 6.07. The number of fused-ring (bicyclic) bond motifs is 1. The molecule has 1 N–H and O–H groups in total. The average molecular weight is 482 g/mol. The summed E-state index contributed by atoms with van der Waals surface area (Å²) in [5.41, 5.74) is 1.40. The minimum Gasteiger partial charge on any atom is -0.495 e. The largest absolute Gasteiger partial charge is 0.495 e. The van der Waals surface area contributed by atoms with E-state index < -0.39 is 0 Å². The van der Waals surface area contributed by atoms with Gasteiger partial charge in [-0.3, -0.25) is 14.2 Å². The fourth-order valence-electron chi connectivity index (χ4n) is 3.31. The molecule has 1 aromatic heterocycles. The lowest BCUT2D eigenvalue weighted by Crippen LogP contribution is -2.23. The van der Waals surface area contributed by atoms with Crippen LogP contribution in [0.5, 0.6) is 11.5 Å². The number of thioether (sulfide) groups is 1. The number of para-hydroxylation sites is 3. The van der Waals surface area contributed by atoms with E-state index in [1.807, 2.05) is 18.2 Å². The van der Waals surface area contributed by atoms with E-state index in [4.69, 9.17) is 21.1 Å². The first-order valence-electron chi connectivity index (χ1n) is 9.93. The molecule has 168 valence electrons. The molecule has 0 aliphatic rings. The molecule has 0 aliphatic heterocycles. The van der Waals surface area contributed by atoms with Crippen LogP contribution in [0.4, 0.5) is 5.69 Å². The van der Waals surface area contributed by atoms with Crippen LogP contribution in [0.3, 0.4) is 0 Å². The number of carbonyl (C=O) groups is 1. The standard InChI is InChI=1S/C24H20ClN3O4S/c1-31-20-12-11-15(13-17(20)25)26-22(29)14-33-24-27-18-8-4-3-7-16(18)23(30)28(24)19-9-5-6-10-21(19)32-2/h3-13H,14H2,1-2H3,(H,26,29). The molecule has 3 aromatic carbocycles. The van der Waals surface area contributed by atoms with Gasteiger partial charge in [0.15, 0.2) is 5.16 Å². The number of benzene rings is 3. The number of nitrogens with one attached hydrogen (secondary N) is 1. The van der Waals surface area contributed by atoms with Crippen molar-refractivity contribution in [1.29, 1.82) is 0 Å². The maximum Gasteiger partial charge on any atom is 0.266 e. The molecule has 0 spiro atoms. The highest BCUT2D eigenvalue weighted by Crippen LogP contribution is 2.29. The molecule has 0 radical (unpaired) electrons. The zero-order valence-corrected chi connectivity index (χ0v) is 19.4. The number of ether oxygens (including phenoxy) is 2. The van der Waals surface area contributed by atoms with Crippen LogP contribution in [0.15, 0.2) is 76.7 Å². The van der Waals surface area contributed by atoms with Gasteiger partial charge in [0.1, 0.15) is 11.5 Å². The SMILES string of the molecule is COc1ccc(NC(=O)CSc2nc3ccccc3c(=O)n2-c2ccccc2OC)cc1Cl. The van der Waals surface area contributed by atoms with Gasteiger partial charge in [-0.2, -0.15) is 0 Å². The molecule has 1 amide bonds. The minimum atomic E-state index is -0.268. The van der Waals surface area contributed by atoms with Crippen LogP contribution in [-0.2, 0) is 4.79 Å². The average Bonchev–Trinajstić information content (AvgIpc) is 2.83. The van der Waals surface area contributed by atoms with Gasteiger partial charge in [0, 0.05) is 5.69 Å². The first kappa shape index (κ1) is 22.7. The lowest BCUT2D eigenvalue weighted by Gasteiger charge is -2.15. The lowest BCUT2D eigenvalue weighted by atomic mass is 10.2. The number of hydrogen-bond acceptors (Lipinski definition) is 6. The maximum atomic E-state index is 13.4. The summed E-state index contributed by atoms with van der Waals surface area (Å²) in [7, 11) is 3.06. The summed E-state index contributed by atoms with van der Waals surface area (Å²) in [5, 5.41) is 4.05. The van der Waals surface area contributed by atoms with E-state index in [0.29, 0.717) is 44.0 Å². The van der Waals surface area contributed by atoms with Crippen molar-refractivity contribution in [3.63, 3.8) is 0 Å². The Bertz CT molecular complexity index is 1390. The summed E-state index contributed by atoms with van der Waals surface area (Å²) in [4.78, 5) is 30.7. The molecule has 4 aromatic rings. The van der Waals surface area contributed by atoms with Crippen molar-refractivity contribution in [3.05, 3.63) is 82.1 Å². The molecule has 0 unspecified atom stereocenters. The maximum absolute atomic E-state index is 13.4. The van der Waals surface area contributed by atoms with E-state index in [1.54, 1.807) is 55.6 Å². The number of rotatable bonds is 7. The lowest BCUT2D eigenvalue weighted by molar-refractivity contribution is -0.113. The predicted molar refractivity (Wildman–Crippen MR) is 131 cm³/mol. The summed E-state index contributed by atoms with van der Waals surface area (Å²) < 4.78 is 12.1. The fraction of sp³-hybridized carbons (Fsp3) is 0.125. The fourth-order valence-corrected chi connectivity index (χ4v) is 4.37. The second-order valence-corrected chi connectivity index (χ2v) is 8.26. The van der Waals surface area contributed by atoms with Crippen LogP contribution < -0.4 is 20.3 Å². The second kappa shape index (κ2) is 9.97. The molecule has 0 bridgehead atoms. The molecule has 33 heavy (non-hydrogen) atoms. The van der Waals surface area contributed by atoms with E-state index in [1.165, 1.54) is 11.7 Å². The van der Waals surface area contributed by atoms with E-state index in [0.717, 1.165) is 11.8 Å². The van der Waals surface area contributed by atoms with Gasteiger partial charge in [-0.1, -0.05) is 47.6 Å². The van der Waals surface area contributed by atoms with Gasteiger partial charge < -0.3 is 14.8 Å². The van der Waals surface area contributed by atoms with Gasteiger partial charge in [0.05, 0.1) is 41.6 Å². The van der Waals surface area contributed by atoms with Crippen LogP contribution in [0.1, 0.15) is 0 Å². The smallest absolute Gasteiger partial charge is 0.266 e. The molecule has 0 saturated heterocycles. The first-order valence-corrected chi connectivity index (χ1v) is 11.3. The monoisotopic (exact) mass is 481 g/mol. The summed E-state index contributed by atoms with van der Waals surface area (Å²) in [5.74, 6) is 0.806. The Morgan fingerprint density at radius 3 is 2.52 bits per heavy atom. The second-order valence-electron chi connectivity index (χ2n) is 6.91. The normalized spacial score (nSPS) is 10.8. The Morgan fingerprint density at radius 2 is 1.76 bits per heavy atom. The van der Waals surface area contributed by atoms with Crippen molar-refractivity contribution in [2.75, 3.05) is 25.3 Å². The van der Waals surface area contributed by atoms with Crippen LogP contribution in [0.25, 0.3) is 16.6 Å². The van der Waals surface area contributed by atoms with Crippen molar-refractivity contribution in [1.82, 2.24) is 9.55 Å². The number of carbonyl (C=O) groups excluding carboxylic acids is 1. The third-order valence-electron chi connectivity index (χ3n) is 4.84. The highest BCUT2D eigenvalue weighted by atomic mass is 35.5. The molecule has 1 heterocycles. The van der Waals surface area contributed by atoms with Crippen LogP contribution in [0, 0.1) is 0 Å². The van der Waals surface area contributed by atoms with Crippen LogP contribution >= 0.6 is 23.4 Å². The summed E-state index contributed by atoms with van der Waals surface area (Å²) >= 11 is 7.29. The molecule has 0 aliphatic carbocycles. The topological polar surface area (TPSA) is 82.5 Å². The number of hydrogen-bond donors (Lipinski definition) is 1. The minimum absolute atomic E-state index is 0.0313. The molecule has 0 fully saturated rings. The van der Waals surface area contributed by atoms with Crippen molar-refractivity contribution in [3.8, 4) is 17.2 Å². The molecular formula is C24H20ClN3O4S. The number of nitrogens with zero attached hydrogens (tertiary/aromatic N) is 2. The van der Waals surface area contributed by atoms with E-state index in [-0.39, 0.29) is 17.2 Å². The Labute approximate surface area is 199 Å². The molecule has 7 nitrogen and oxygen atoms in total. The zero-order valence-electron chi connectivity index (χ0n) is 17.9. The first-order chi connectivity index (χ1) is 16.0. The number of anilines is 1. The Kier molecular flexibility index (Phi) is 6.86. The Balaban J connectivity index is 1.66. The van der Waals surface area contributed by atoms with Gasteiger partial charge in [-0.15, -0.1) is 0 Å². The van der Waals surface area contributed by atoms with Gasteiger partial charge in [0.2, 0.25) is 5.91 Å². The van der Waals surface area contributed by atoms with E-state index in [9.17, 15) is 9.59 Å². The number of aromatic nitrogens is 2. The molecular weight excluding hydrogens is 462 g/mol. The van der Waals surface area contributed by atoms with E-state index in [2.05, 4.69) is 10.3 Å². The molecule has 9 heteroatoms. The third kappa shape index (κ3) is 4.81. The predicted octanol–water partition coefficient (Wildman–Crippen LogP) is 4.79. The summed E-state index contributed by atoms with van der Waals surface area (Å²) in [6.07, 6.45) is 0. The van der Waals surface area contributed by atoms with Crippen LogP contribution in [-0.4, -0.2) is 35.4 Å². The number of halogens is 1. The van der Waals surface area contributed by atoms with Crippen LogP contribution in [0.2, 0.25) is 5.02 Å². The van der Waals surface area contributed by atoms with Gasteiger partial charge in [-0.25, -0.2) is 4.98 Å². The zero-order chi connectivity index (χ0) is 23.4. The van der Waals surface area contributed by atoms with E-state index >= 15 is 0 Å². The van der Waals surface area contributed by atoms with Gasteiger partial charge in [-0.05, 0) is 42.5 Å². The molecule has 0 atom stereocenters. The Hall–Kier alpha value is -3.49. The van der Waals surface area contributed by atoms with Crippen molar-refractivity contribution >= 4 is 45.9 Å². The number of methoxy groups -OCH3 is 2. The Morgan fingerprint density at radius 1 is 1.03 bits per heavy atom. The van der Waals surface area contributed by atoms with Gasteiger partial charge >= 0.3 is 0 Å². The van der Waals surface area contributed by atoms with Gasteiger partial charge in [0.25, 0.3) is 5.56 Å².